The number of imide groups is 1. The summed E-state index contributed by atoms with van der Waals surface area (Å²) in [7, 11) is 3.76. The van der Waals surface area contributed by atoms with Crippen LogP contribution >= 0.6 is 12.4 Å². The van der Waals surface area contributed by atoms with Gasteiger partial charge in [-0.3, -0.25) is 24.6 Å². The van der Waals surface area contributed by atoms with Crippen molar-refractivity contribution in [1.29, 1.82) is 0 Å². The molecule has 5 rings (SSSR count). The van der Waals surface area contributed by atoms with Crippen LogP contribution in [0.4, 0.5) is 11.6 Å². The summed E-state index contributed by atoms with van der Waals surface area (Å²) in [4.78, 5) is 51.6. The van der Waals surface area contributed by atoms with E-state index in [0.717, 1.165) is 29.5 Å². The fraction of sp³-hybridized carbons (Fsp3) is 0.367. The van der Waals surface area contributed by atoms with E-state index in [1.54, 1.807) is 30.6 Å². The molecule has 0 aliphatic heterocycles. The van der Waals surface area contributed by atoms with Crippen LogP contribution < -0.4 is 26.8 Å². The number of amides is 2. The molecule has 222 valence electrons. The molecule has 2 aromatic heterocycles. The van der Waals surface area contributed by atoms with E-state index in [4.69, 9.17) is 11.5 Å². The smallest absolute Gasteiger partial charge is 0.271 e. The largest absolute Gasteiger partial charge is 0.347 e. The summed E-state index contributed by atoms with van der Waals surface area (Å²) in [6, 6.07) is 11.6. The van der Waals surface area contributed by atoms with Crippen LogP contribution in [0.5, 0.6) is 0 Å². The second-order valence-corrected chi connectivity index (χ2v) is 11.0. The van der Waals surface area contributed by atoms with E-state index in [2.05, 4.69) is 20.2 Å². The van der Waals surface area contributed by atoms with E-state index >= 15 is 0 Å². The lowest BCUT2D eigenvalue weighted by Gasteiger charge is -2.32. The Labute approximate surface area is 250 Å². The predicted octanol–water partition coefficient (Wildman–Crippen LogP) is 3.00. The van der Waals surface area contributed by atoms with E-state index in [1.807, 2.05) is 43.3 Å². The summed E-state index contributed by atoms with van der Waals surface area (Å²) < 4.78 is 0. The fourth-order valence-corrected chi connectivity index (χ4v) is 5.44. The lowest BCUT2D eigenvalue weighted by atomic mass is 9.81. The minimum absolute atomic E-state index is 0. The lowest BCUT2D eigenvalue weighted by molar-refractivity contribution is -0.130. The summed E-state index contributed by atoms with van der Waals surface area (Å²) in [5.74, 6) is -0.0603. The zero-order chi connectivity index (χ0) is 29.1. The van der Waals surface area contributed by atoms with Gasteiger partial charge in [0.25, 0.3) is 11.5 Å². The van der Waals surface area contributed by atoms with Crippen molar-refractivity contribution < 1.29 is 9.59 Å². The number of halogens is 1. The maximum Gasteiger partial charge on any atom is 0.271 e. The molecule has 2 heterocycles. The highest BCUT2D eigenvalue weighted by molar-refractivity contribution is 6.17. The molecular formula is C30H37ClN8O3. The number of aromatic nitrogens is 4. The van der Waals surface area contributed by atoms with Crippen LogP contribution in [-0.4, -0.2) is 58.7 Å². The molecule has 0 bridgehead atoms. The van der Waals surface area contributed by atoms with E-state index < -0.39 is 11.9 Å². The second kappa shape index (κ2) is 13.3. The van der Waals surface area contributed by atoms with Gasteiger partial charge in [-0.05, 0) is 73.9 Å². The number of H-pyrrole nitrogens is 2. The number of hydrogen-bond acceptors (Lipinski definition) is 8. The third-order valence-electron chi connectivity index (χ3n) is 7.86. The van der Waals surface area contributed by atoms with Gasteiger partial charge in [-0.1, -0.05) is 24.3 Å². The van der Waals surface area contributed by atoms with Gasteiger partial charge in [-0.25, -0.2) is 14.9 Å². The highest BCUT2D eigenvalue weighted by Gasteiger charge is 2.35. The van der Waals surface area contributed by atoms with E-state index in [1.165, 1.54) is 4.90 Å². The molecule has 1 atom stereocenters. The van der Waals surface area contributed by atoms with Gasteiger partial charge in [0.1, 0.15) is 0 Å². The van der Waals surface area contributed by atoms with Gasteiger partial charge in [-0.2, -0.15) is 0 Å². The number of nitrogens with one attached hydrogen (secondary N) is 2. The van der Waals surface area contributed by atoms with Gasteiger partial charge in [0.15, 0.2) is 0 Å². The fourth-order valence-electron chi connectivity index (χ4n) is 5.44. The van der Waals surface area contributed by atoms with Crippen molar-refractivity contribution in [3.63, 3.8) is 0 Å². The van der Waals surface area contributed by atoms with Crippen LogP contribution in [0.15, 0.2) is 59.7 Å². The third-order valence-corrected chi connectivity index (χ3v) is 7.86. The minimum atomic E-state index is -0.970. The molecule has 0 unspecified atom stereocenters. The standard InChI is InChI=1S/C30H36N8O3.ClH/c1-37(2)30-33-16-22(17-34-30)21-5-3-4-19(12-21)13-25(32)29(41)38(28(40)20-8-6-18(15-31)7-9-20)23-10-11-24-26(14-23)35-36-27(24)39;/h3-5,10-12,14,16-18,20,25H,6-9,13,15,31-32H2,1-2H3,(H2,35,36,39);1H/t18-,20-,25-;/m0./s1. The first kappa shape index (κ1) is 30.9. The lowest BCUT2D eigenvalue weighted by Crippen LogP contribution is -2.50. The Morgan fingerprint density at radius 2 is 1.71 bits per heavy atom. The van der Waals surface area contributed by atoms with Crippen molar-refractivity contribution in [3.8, 4) is 11.1 Å². The molecule has 11 nitrogen and oxygen atoms in total. The molecule has 1 fully saturated rings. The monoisotopic (exact) mass is 592 g/mol. The molecule has 0 radical (unpaired) electrons. The molecule has 0 saturated heterocycles. The van der Waals surface area contributed by atoms with E-state index in [9.17, 15) is 14.4 Å². The number of anilines is 2. The Kier molecular flexibility index (Phi) is 9.77. The van der Waals surface area contributed by atoms with Gasteiger partial charge in [0.2, 0.25) is 11.9 Å². The quantitative estimate of drug-likeness (QED) is 0.242. The molecular weight excluding hydrogens is 556 g/mol. The average molecular weight is 593 g/mol. The SMILES string of the molecule is CN(C)c1ncc(-c2cccc(C[C@H](N)C(=O)N(c3ccc4c(=O)[nH][nH]c4c3)C(=O)[C@H]3CC[C@H](CN)CC3)c2)cn1.Cl. The molecule has 1 saturated carbocycles. The number of nitrogens with two attached hydrogens (primary N) is 2. The Balaban J connectivity index is 0.00000405. The van der Waals surface area contributed by atoms with Crippen LogP contribution in [0.3, 0.4) is 0 Å². The normalized spacial score (nSPS) is 17.3. The van der Waals surface area contributed by atoms with Crippen LogP contribution in [0, 0.1) is 11.8 Å². The predicted molar refractivity (Wildman–Crippen MR) is 167 cm³/mol. The summed E-state index contributed by atoms with van der Waals surface area (Å²) in [5.41, 5.74) is 15.6. The number of benzene rings is 2. The first-order chi connectivity index (χ1) is 19.7. The molecule has 2 aromatic carbocycles. The molecule has 0 spiro atoms. The van der Waals surface area contributed by atoms with Crippen molar-refractivity contribution in [1.82, 2.24) is 20.2 Å². The first-order valence-corrected chi connectivity index (χ1v) is 13.9. The Hall–Kier alpha value is -4.06. The number of rotatable bonds is 8. The molecule has 1 aliphatic carbocycles. The number of carbonyl (C=O) groups excluding carboxylic acids is 2. The summed E-state index contributed by atoms with van der Waals surface area (Å²) in [6.07, 6.45) is 6.77. The molecule has 4 aromatic rings. The van der Waals surface area contributed by atoms with Gasteiger partial charge in [0.05, 0.1) is 22.6 Å². The number of nitrogens with zero attached hydrogens (tertiary/aromatic N) is 4. The van der Waals surface area contributed by atoms with Crippen molar-refractivity contribution in [2.45, 2.75) is 38.1 Å². The molecule has 42 heavy (non-hydrogen) atoms. The maximum atomic E-state index is 13.9. The van der Waals surface area contributed by atoms with E-state index in [-0.39, 0.29) is 36.2 Å². The van der Waals surface area contributed by atoms with Crippen LogP contribution in [0.1, 0.15) is 31.2 Å². The third kappa shape index (κ3) is 6.53. The Morgan fingerprint density at radius 1 is 1.00 bits per heavy atom. The number of fused-ring (bicyclic) bond motifs is 1. The van der Waals surface area contributed by atoms with Crippen molar-refractivity contribution in [2.24, 2.45) is 23.3 Å². The first-order valence-electron chi connectivity index (χ1n) is 13.9. The molecule has 2 amide bonds. The molecule has 6 N–H and O–H groups in total. The minimum Gasteiger partial charge on any atom is -0.347 e. The van der Waals surface area contributed by atoms with Crippen LogP contribution in [0.2, 0.25) is 0 Å². The van der Waals surface area contributed by atoms with Crippen molar-refractivity contribution in [3.05, 3.63) is 70.8 Å². The highest BCUT2D eigenvalue weighted by Crippen LogP contribution is 2.32. The van der Waals surface area contributed by atoms with Gasteiger partial charge in [0, 0.05) is 38.0 Å². The zero-order valence-electron chi connectivity index (χ0n) is 23.7. The summed E-state index contributed by atoms with van der Waals surface area (Å²) in [5, 5.41) is 5.80. The average Bonchev–Trinajstić information content (AvgIpc) is 3.37. The van der Waals surface area contributed by atoms with Crippen LogP contribution in [-0.2, 0) is 16.0 Å². The Morgan fingerprint density at radius 3 is 2.38 bits per heavy atom. The number of carbonyl (C=O) groups is 2. The van der Waals surface area contributed by atoms with Gasteiger partial charge in [-0.15, -0.1) is 12.4 Å². The topological polar surface area (TPSA) is 167 Å². The zero-order valence-corrected chi connectivity index (χ0v) is 24.6. The number of aromatic amines is 2. The summed E-state index contributed by atoms with van der Waals surface area (Å²) >= 11 is 0. The Bertz CT molecular complexity index is 1590. The van der Waals surface area contributed by atoms with Gasteiger partial charge < -0.3 is 16.4 Å². The molecule has 12 heteroatoms. The van der Waals surface area contributed by atoms with Crippen molar-refractivity contribution in [2.75, 3.05) is 30.4 Å². The number of hydrogen-bond donors (Lipinski definition) is 4. The highest BCUT2D eigenvalue weighted by atomic mass is 35.5. The van der Waals surface area contributed by atoms with E-state index in [0.29, 0.717) is 47.8 Å². The van der Waals surface area contributed by atoms with Crippen LogP contribution in [0.25, 0.3) is 22.0 Å². The summed E-state index contributed by atoms with van der Waals surface area (Å²) in [6.45, 7) is 0.594. The second-order valence-electron chi connectivity index (χ2n) is 11.0. The molecule has 1 aliphatic rings. The van der Waals surface area contributed by atoms with Gasteiger partial charge >= 0.3 is 0 Å². The maximum absolute atomic E-state index is 13.9. The van der Waals surface area contributed by atoms with Crippen molar-refractivity contribution >= 4 is 46.8 Å².